The molecule has 120 valence electrons. The molecule has 3 aliphatic rings. The van der Waals surface area contributed by atoms with Gasteiger partial charge in [0.2, 0.25) is 0 Å². The number of nitrogens with one attached hydrogen (secondary N) is 1. The molecule has 22 heavy (non-hydrogen) atoms. The number of imidazole rings is 1. The fraction of sp³-hybridized carbons (Fsp3) is 0.750. The monoisotopic (exact) mass is 304 g/mol. The molecular formula is C16H24N4O2. The summed E-state index contributed by atoms with van der Waals surface area (Å²) in [6.07, 6.45) is 8.62. The van der Waals surface area contributed by atoms with Crippen LogP contribution in [0.15, 0.2) is 12.4 Å². The number of rotatable bonds is 4. The zero-order chi connectivity index (χ0) is 15.1. The van der Waals surface area contributed by atoms with Crippen LogP contribution in [-0.4, -0.2) is 58.2 Å². The summed E-state index contributed by atoms with van der Waals surface area (Å²) in [6.45, 7) is 2.88. The number of carbonyl (C=O) groups excluding carboxylic acids is 1. The van der Waals surface area contributed by atoms with Crippen LogP contribution in [0.5, 0.6) is 0 Å². The van der Waals surface area contributed by atoms with Crippen LogP contribution in [0.4, 0.5) is 0 Å². The molecule has 6 heteroatoms. The molecule has 3 fully saturated rings. The van der Waals surface area contributed by atoms with E-state index in [9.17, 15) is 4.79 Å². The zero-order valence-corrected chi connectivity index (χ0v) is 13.1. The first kappa shape index (κ1) is 14.2. The number of hydrogen-bond donors (Lipinski definition) is 1. The second-order valence-corrected chi connectivity index (χ2v) is 6.88. The third kappa shape index (κ3) is 2.65. The molecule has 4 rings (SSSR count). The van der Waals surface area contributed by atoms with Crippen LogP contribution in [0.2, 0.25) is 0 Å². The fourth-order valence-corrected chi connectivity index (χ4v) is 3.84. The molecule has 0 unspecified atom stereocenters. The Morgan fingerprint density at radius 1 is 1.45 bits per heavy atom. The summed E-state index contributed by atoms with van der Waals surface area (Å²) < 4.78 is 7.77. The summed E-state index contributed by atoms with van der Waals surface area (Å²) in [5, 5.41) is 3.16. The Bertz CT molecular complexity index is 554. The van der Waals surface area contributed by atoms with Crippen molar-refractivity contribution < 1.29 is 9.53 Å². The van der Waals surface area contributed by atoms with Gasteiger partial charge in [0.1, 0.15) is 0 Å². The predicted octanol–water partition coefficient (Wildman–Crippen LogP) is 0.792. The third-order valence-electron chi connectivity index (χ3n) is 5.16. The molecule has 1 aliphatic carbocycles. The van der Waals surface area contributed by atoms with Gasteiger partial charge in [0.05, 0.1) is 12.1 Å². The fourth-order valence-electron chi connectivity index (χ4n) is 3.84. The van der Waals surface area contributed by atoms with Gasteiger partial charge in [-0.2, -0.15) is 0 Å². The van der Waals surface area contributed by atoms with Crippen molar-refractivity contribution in [2.75, 3.05) is 19.7 Å². The number of amides is 1. The number of ether oxygens (including phenoxy) is 1. The highest BCUT2D eigenvalue weighted by molar-refractivity contribution is 5.91. The van der Waals surface area contributed by atoms with Crippen molar-refractivity contribution in [3.63, 3.8) is 0 Å². The molecule has 0 spiro atoms. The van der Waals surface area contributed by atoms with E-state index in [0.717, 1.165) is 25.5 Å². The second kappa shape index (κ2) is 5.66. The predicted molar refractivity (Wildman–Crippen MR) is 81.5 cm³/mol. The van der Waals surface area contributed by atoms with Crippen molar-refractivity contribution in [1.29, 1.82) is 0 Å². The average molecular weight is 304 g/mol. The number of fused-ring (bicyclic) bond motifs is 1. The highest BCUT2D eigenvalue weighted by Gasteiger charge is 2.46. The molecule has 0 aromatic carbocycles. The van der Waals surface area contributed by atoms with Crippen molar-refractivity contribution in [3.8, 4) is 0 Å². The lowest BCUT2D eigenvalue weighted by atomic mass is 10.0. The van der Waals surface area contributed by atoms with Crippen molar-refractivity contribution in [1.82, 2.24) is 19.8 Å². The third-order valence-corrected chi connectivity index (χ3v) is 5.16. The van der Waals surface area contributed by atoms with E-state index in [2.05, 4.69) is 15.2 Å². The highest BCUT2D eigenvalue weighted by Crippen LogP contribution is 2.35. The summed E-state index contributed by atoms with van der Waals surface area (Å²) in [7, 11) is 1.84. The van der Waals surface area contributed by atoms with Crippen LogP contribution < -0.4 is 5.32 Å². The molecule has 0 radical (unpaired) electrons. The summed E-state index contributed by atoms with van der Waals surface area (Å²) >= 11 is 0. The molecule has 6 nitrogen and oxygen atoms in total. The molecule has 3 heterocycles. The zero-order valence-electron chi connectivity index (χ0n) is 13.1. The van der Waals surface area contributed by atoms with Crippen LogP contribution in [0.3, 0.4) is 0 Å². The SMILES string of the molecule is Cn1ccnc1C(=O)N[C@@H]1CN(CC2CC2)[C@@H]2CCCO[C@@H]21. The molecule has 1 N–H and O–H groups in total. The Balaban J connectivity index is 1.46. The van der Waals surface area contributed by atoms with Gasteiger partial charge in [0.15, 0.2) is 5.82 Å². The summed E-state index contributed by atoms with van der Waals surface area (Å²) in [5.74, 6) is 1.23. The van der Waals surface area contributed by atoms with Gasteiger partial charge in [0.25, 0.3) is 5.91 Å². The van der Waals surface area contributed by atoms with Gasteiger partial charge in [-0.25, -0.2) is 4.98 Å². The highest BCUT2D eigenvalue weighted by atomic mass is 16.5. The molecule has 2 aliphatic heterocycles. The minimum atomic E-state index is -0.0984. The second-order valence-electron chi connectivity index (χ2n) is 6.88. The van der Waals surface area contributed by atoms with E-state index < -0.39 is 0 Å². The molecule has 1 amide bonds. The lowest BCUT2D eigenvalue weighted by molar-refractivity contribution is -0.0205. The maximum Gasteiger partial charge on any atom is 0.287 e. The smallest absolute Gasteiger partial charge is 0.287 e. The van der Waals surface area contributed by atoms with Crippen LogP contribution in [0, 0.1) is 5.92 Å². The maximum atomic E-state index is 12.4. The van der Waals surface area contributed by atoms with E-state index in [4.69, 9.17) is 4.74 Å². The van der Waals surface area contributed by atoms with Crippen LogP contribution in [-0.2, 0) is 11.8 Å². The number of carbonyl (C=O) groups is 1. The van der Waals surface area contributed by atoms with E-state index in [-0.39, 0.29) is 18.1 Å². The summed E-state index contributed by atoms with van der Waals surface area (Å²) in [5.41, 5.74) is 0. The minimum Gasteiger partial charge on any atom is -0.374 e. The Labute approximate surface area is 130 Å². The lowest BCUT2D eigenvalue weighted by Gasteiger charge is -2.32. The first-order valence-electron chi connectivity index (χ1n) is 8.36. The number of likely N-dealkylation sites (tertiary alicyclic amines) is 1. The Hall–Kier alpha value is -1.40. The van der Waals surface area contributed by atoms with Gasteiger partial charge in [-0.1, -0.05) is 0 Å². The largest absolute Gasteiger partial charge is 0.374 e. The van der Waals surface area contributed by atoms with Gasteiger partial charge < -0.3 is 14.6 Å². The normalized spacial score (nSPS) is 32.0. The molecule has 1 aromatic heterocycles. The molecule has 1 saturated carbocycles. The van der Waals surface area contributed by atoms with Gasteiger partial charge in [-0.05, 0) is 31.6 Å². The maximum absolute atomic E-state index is 12.4. The van der Waals surface area contributed by atoms with Crippen LogP contribution >= 0.6 is 0 Å². The van der Waals surface area contributed by atoms with E-state index in [0.29, 0.717) is 11.9 Å². The first-order valence-corrected chi connectivity index (χ1v) is 8.36. The molecule has 1 aromatic rings. The lowest BCUT2D eigenvalue weighted by Crippen LogP contribution is -2.48. The van der Waals surface area contributed by atoms with Crippen molar-refractivity contribution in [2.45, 2.75) is 43.9 Å². The molecule has 2 saturated heterocycles. The topological polar surface area (TPSA) is 59.4 Å². The standard InChI is InChI=1S/C16H24N4O2/c1-19-7-6-17-15(19)16(21)18-12-10-20(9-11-4-5-11)13-3-2-8-22-14(12)13/h6-7,11-14H,2-5,8-10H2,1H3,(H,18,21)/t12-,13-,14-/m1/s1. The first-order chi connectivity index (χ1) is 10.7. The van der Waals surface area contributed by atoms with Gasteiger partial charge in [-0.3, -0.25) is 9.69 Å². The van der Waals surface area contributed by atoms with Crippen molar-refractivity contribution >= 4 is 5.91 Å². The molecule has 3 atom stereocenters. The Morgan fingerprint density at radius 2 is 2.32 bits per heavy atom. The van der Waals surface area contributed by atoms with E-state index in [1.807, 2.05) is 7.05 Å². The molecular weight excluding hydrogens is 280 g/mol. The van der Waals surface area contributed by atoms with Crippen LogP contribution in [0.1, 0.15) is 36.3 Å². The number of hydrogen-bond acceptors (Lipinski definition) is 4. The van der Waals surface area contributed by atoms with Crippen molar-refractivity contribution in [2.24, 2.45) is 13.0 Å². The Kier molecular flexibility index (Phi) is 3.66. The number of aromatic nitrogens is 2. The quantitative estimate of drug-likeness (QED) is 0.893. The number of nitrogens with zero attached hydrogens (tertiary/aromatic N) is 3. The summed E-state index contributed by atoms with van der Waals surface area (Å²) in [6, 6.07) is 0.550. The minimum absolute atomic E-state index is 0.0771. The van der Waals surface area contributed by atoms with Crippen molar-refractivity contribution in [3.05, 3.63) is 18.2 Å². The number of aryl methyl sites for hydroxylation is 1. The average Bonchev–Trinajstić information content (AvgIpc) is 3.13. The Morgan fingerprint density at radius 3 is 3.05 bits per heavy atom. The van der Waals surface area contributed by atoms with Gasteiger partial charge in [-0.15, -0.1) is 0 Å². The van der Waals surface area contributed by atoms with Gasteiger partial charge in [0, 0.05) is 45.2 Å². The van der Waals surface area contributed by atoms with E-state index in [1.54, 1.807) is 17.0 Å². The van der Waals surface area contributed by atoms with E-state index >= 15 is 0 Å². The van der Waals surface area contributed by atoms with Crippen LogP contribution in [0.25, 0.3) is 0 Å². The molecule has 0 bridgehead atoms. The van der Waals surface area contributed by atoms with Gasteiger partial charge >= 0.3 is 0 Å². The van der Waals surface area contributed by atoms with E-state index in [1.165, 1.54) is 25.8 Å². The summed E-state index contributed by atoms with van der Waals surface area (Å²) in [4.78, 5) is 19.1.